The molecule has 1 unspecified atom stereocenters. The number of benzene rings is 1. The van der Waals surface area contributed by atoms with Gasteiger partial charge in [0.05, 0.1) is 10.9 Å². The van der Waals surface area contributed by atoms with Crippen LogP contribution in [-0.4, -0.2) is 56.8 Å². The standard InChI is InChI=1S/C17H27N3O3S/c1-13-8-9-15(24(22,23)19(3)4)12-16(13)18-17(21)14(2)20-10-6-5-7-11-20/h8-9,12,14H,5-7,10-11H2,1-4H3,(H,18,21). The van der Waals surface area contributed by atoms with Crippen LogP contribution >= 0.6 is 0 Å². The number of hydrogen-bond acceptors (Lipinski definition) is 4. The minimum Gasteiger partial charge on any atom is -0.324 e. The summed E-state index contributed by atoms with van der Waals surface area (Å²) in [5.74, 6) is -0.0978. The quantitative estimate of drug-likeness (QED) is 0.880. The van der Waals surface area contributed by atoms with Crippen LogP contribution in [0.2, 0.25) is 0 Å². The largest absolute Gasteiger partial charge is 0.324 e. The number of nitrogens with one attached hydrogen (secondary N) is 1. The molecule has 1 atom stereocenters. The van der Waals surface area contributed by atoms with Crippen molar-refractivity contribution in [1.29, 1.82) is 0 Å². The van der Waals surface area contributed by atoms with Crippen molar-refractivity contribution in [2.75, 3.05) is 32.5 Å². The fourth-order valence-corrected chi connectivity index (χ4v) is 3.74. The molecule has 6 nitrogen and oxygen atoms in total. The SMILES string of the molecule is Cc1ccc(S(=O)(=O)N(C)C)cc1NC(=O)C(C)N1CCCCC1. The van der Waals surface area contributed by atoms with Crippen LogP contribution in [0.3, 0.4) is 0 Å². The van der Waals surface area contributed by atoms with Crippen LogP contribution in [-0.2, 0) is 14.8 Å². The van der Waals surface area contributed by atoms with Gasteiger partial charge in [-0.2, -0.15) is 0 Å². The van der Waals surface area contributed by atoms with E-state index < -0.39 is 10.0 Å². The molecule has 1 aromatic rings. The van der Waals surface area contributed by atoms with Crippen LogP contribution in [0.15, 0.2) is 23.1 Å². The van der Waals surface area contributed by atoms with E-state index in [1.807, 2.05) is 13.8 Å². The predicted octanol–water partition coefficient (Wildman–Crippen LogP) is 2.06. The van der Waals surface area contributed by atoms with Crippen molar-refractivity contribution in [2.24, 2.45) is 0 Å². The van der Waals surface area contributed by atoms with Crippen LogP contribution in [0.25, 0.3) is 0 Å². The van der Waals surface area contributed by atoms with Gasteiger partial charge in [-0.15, -0.1) is 0 Å². The fraction of sp³-hybridized carbons (Fsp3) is 0.588. The number of piperidine rings is 1. The minimum atomic E-state index is -3.52. The number of rotatable bonds is 5. The molecule has 1 heterocycles. The summed E-state index contributed by atoms with van der Waals surface area (Å²) in [4.78, 5) is 14.9. The molecule has 0 aliphatic carbocycles. The number of carbonyl (C=O) groups is 1. The first kappa shape index (κ1) is 18.9. The predicted molar refractivity (Wildman–Crippen MR) is 95.6 cm³/mol. The Morgan fingerprint density at radius 1 is 1.21 bits per heavy atom. The fourth-order valence-electron chi connectivity index (χ4n) is 2.82. The molecule has 134 valence electrons. The molecule has 24 heavy (non-hydrogen) atoms. The summed E-state index contributed by atoms with van der Waals surface area (Å²) in [6, 6.07) is 4.59. The van der Waals surface area contributed by atoms with Gasteiger partial charge >= 0.3 is 0 Å². The summed E-state index contributed by atoms with van der Waals surface area (Å²) in [5.41, 5.74) is 1.39. The Kier molecular flexibility index (Phi) is 6.01. The Morgan fingerprint density at radius 3 is 2.42 bits per heavy atom. The van der Waals surface area contributed by atoms with Gasteiger partial charge in [0.15, 0.2) is 0 Å². The molecule has 1 aliphatic heterocycles. The van der Waals surface area contributed by atoms with E-state index in [0.29, 0.717) is 5.69 Å². The van der Waals surface area contributed by atoms with Crippen LogP contribution in [0.4, 0.5) is 5.69 Å². The Labute approximate surface area is 144 Å². The summed E-state index contributed by atoms with van der Waals surface area (Å²) in [6.07, 6.45) is 3.45. The van der Waals surface area contributed by atoms with Gasteiger partial charge in [0.1, 0.15) is 0 Å². The average molecular weight is 353 g/mol. The molecule has 0 radical (unpaired) electrons. The zero-order valence-electron chi connectivity index (χ0n) is 14.9. The lowest BCUT2D eigenvalue weighted by Crippen LogP contribution is -2.44. The van der Waals surface area contributed by atoms with Gasteiger partial charge < -0.3 is 5.32 Å². The van der Waals surface area contributed by atoms with Crippen LogP contribution in [0.5, 0.6) is 0 Å². The van der Waals surface area contributed by atoms with E-state index in [9.17, 15) is 13.2 Å². The van der Waals surface area contributed by atoms with Gasteiger partial charge in [0.25, 0.3) is 0 Å². The molecule has 1 N–H and O–H groups in total. The van der Waals surface area contributed by atoms with Gasteiger partial charge in [0.2, 0.25) is 15.9 Å². The highest BCUT2D eigenvalue weighted by Gasteiger charge is 2.24. The monoisotopic (exact) mass is 353 g/mol. The number of aryl methyl sites for hydroxylation is 1. The second-order valence-corrected chi connectivity index (χ2v) is 8.68. The van der Waals surface area contributed by atoms with E-state index in [4.69, 9.17) is 0 Å². The number of amides is 1. The first-order valence-electron chi connectivity index (χ1n) is 8.31. The highest BCUT2D eigenvalue weighted by atomic mass is 32.2. The van der Waals surface area contributed by atoms with E-state index in [1.165, 1.54) is 30.9 Å². The first-order valence-corrected chi connectivity index (χ1v) is 9.75. The minimum absolute atomic E-state index is 0.0978. The second kappa shape index (κ2) is 7.63. The summed E-state index contributed by atoms with van der Waals surface area (Å²) in [5, 5.41) is 2.90. The lowest BCUT2D eigenvalue weighted by atomic mass is 10.1. The molecule has 1 fully saturated rings. The summed E-state index contributed by atoms with van der Waals surface area (Å²) >= 11 is 0. The number of likely N-dealkylation sites (tertiary alicyclic amines) is 1. The highest BCUT2D eigenvalue weighted by molar-refractivity contribution is 7.89. The molecule has 0 bridgehead atoms. The van der Waals surface area contributed by atoms with Crippen molar-refractivity contribution in [2.45, 2.75) is 44.0 Å². The lowest BCUT2D eigenvalue weighted by molar-refractivity contribution is -0.121. The summed E-state index contributed by atoms with van der Waals surface area (Å²) in [6.45, 7) is 5.62. The lowest BCUT2D eigenvalue weighted by Gasteiger charge is -2.31. The van der Waals surface area contributed by atoms with Gasteiger partial charge in [-0.05, 0) is 57.5 Å². The smallest absolute Gasteiger partial charge is 0.242 e. The number of sulfonamides is 1. The normalized spacial score (nSPS) is 17.7. The zero-order chi connectivity index (χ0) is 17.9. The molecule has 1 amide bonds. The van der Waals surface area contributed by atoms with Gasteiger partial charge in [0, 0.05) is 19.8 Å². The van der Waals surface area contributed by atoms with Crippen molar-refractivity contribution in [3.63, 3.8) is 0 Å². The van der Waals surface area contributed by atoms with E-state index in [-0.39, 0.29) is 16.8 Å². The van der Waals surface area contributed by atoms with Crippen molar-refractivity contribution >= 4 is 21.6 Å². The number of nitrogens with zero attached hydrogens (tertiary/aromatic N) is 2. The topological polar surface area (TPSA) is 69.7 Å². The van der Waals surface area contributed by atoms with Gasteiger partial charge in [-0.3, -0.25) is 9.69 Å². The maximum Gasteiger partial charge on any atom is 0.242 e. The molecule has 0 spiro atoms. The van der Waals surface area contributed by atoms with Crippen molar-refractivity contribution in [3.05, 3.63) is 23.8 Å². The summed E-state index contributed by atoms with van der Waals surface area (Å²) < 4.78 is 25.7. The third kappa shape index (κ3) is 4.15. The van der Waals surface area contributed by atoms with Gasteiger partial charge in [-0.25, -0.2) is 12.7 Å². The van der Waals surface area contributed by atoms with Crippen molar-refractivity contribution in [3.8, 4) is 0 Å². The molecule has 1 aromatic carbocycles. The molecule has 1 aliphatic rings. The van der Waals surface area contributed by atoms with Crippen molar-refractivity contribution in [1.82, 2.24) is 9.21 Å². The first-order chi connectivity index (χ1) is 11.2. The molecule has 0 saturated carbocycles. The summed E-state index contributed by atoms with van der Waals surface area (Å²) in [7, 11) is -0.537. The Morgan fingerprint density at radius 2 is 1.83 bits per heavy atom. The number of hydrogen-bond donors (Lipinski definition) is 1. The number of carbonyl (C=O) groups excluding carboxylic acids is 1. The maximum atomic E-state index is 12.5. The highest BCUT2D eigenvalue weighted by Crippen LogP contribution is 2.23. The van der Waals surface area contributed by atoms with Crippen LogP contribution in [0, 0.1) is 6.92 Å². The third-order valence-corrected chi connectivity index (χ3v) is 6.37. The molecule has 0 aromatic heterocycles. The molecule has 2 rings (SSSR count). The van der Waals surface area contributed by atoms with E-state index in [1.54, 1.807) is 12.1 Å². The van der Waals surface area contributed by atoms with Gasteiger partial charge in [-0.1, -0.05) is 12.5 Å². The Hall–Kier alpha value is -1.44. The average Bonchev–Trinajstić information content (AvgIpc) is 2.56. The van der Waals surface area contributed by atoms with E-state index in [2.05, 4.69) is 10.2 Å². The molecule has 7 heteroatoms. The van der Waals surface area contributed by atoms with Crippen LogP contribution < -0.4 is 5.32 Å². The number of anilines is 1. The molecular weight excluding hydrogens is 326 g/mol. The molecule has 1 saturated heterocycles. The Balaban J connectivity index is 2.18. The van der Waals surface area contributed by atoms with E-state index in [0.717, 1.165) is 31.5 Å². The third-order valence-electron chi connectivity index (χ3n) is 4.56. The van der Waals surface area contributed by atoms with Crippen LogP contribution in [0.1, 0.15) is 31.7 Å². The molecular formula is C17H27N3O3S. The van der Waals surface area contributed by atoms with E-state index >= 15 is 0 Å². The zero-order valence-corrected chi connectivity index (χ0v) is 15.7. The Bertz CT molecular complexity index is 695. The maximum absolute atomic E-state index is 12.5. The second-order valence-electron chi connectivity index (χ2n) is 6.53. The van der Waals surface area contributed by atoms with Crippen molar-refractivity contribution < 1.29 is 13.2 Å².